The van der Waals surface area contributed by atoms with Gasteiger partial charge in [0.1, 0.15) is 5.82 Å². The fraction of sp³-hybridized carbons (Fsp3) is 0.364. The highest BCUT2D eigenvalue weighted by Crippen LogP contribution is 2.18. The molecule has 2 heterocycles. The van der Waals surface area contributed by atoms with Gasteiger partial charge in [-0.15, -0.1) is 0 Å². The SMILES string of the molecule is Cc1nc(=O)n(Cc2nccn2C(F)F)c(C)c1Br. The Kier molecular flexibility index (Phi) is 3.79. The van der Waals surface area contributed by atoms with Crippen molar-refractivity contribution in [2.24, 2.45) is 0 Å². The summed E-state index contributed by atoms with van der Waals surface area (Å²) in [6, 6.07) is 0. The summed E-state index contributed by atoms with van der Waals surface area (Å²) in [5.74, 6) is 0.109. The molecule has 0 spiro atoms. The first kappa shape index (κ1) is 13.9. The summed E-state index contributed by atoms with van der Waals surface area (Å²) in [4.78, 5) is 19.5. The van der Waals surface area contributed by atoms with Crippen molar-refractivity contribution in [3.05, 3.63) is 44.6 Å². The number of aryl methyl sites for hydroxylation is 1. The van der Waals surface area contributed by atoms with Gasteiger partial charge >= 0.3 is 12.2 Å². The summed E-state index contributed by atoms with van der Waals surface area (Å²) in [5.41, 5.74) is 0.708. The van der Waals surface area contributed by atoms with Crippen molar-refractivity contribution in [2.45, 2.75) is 26.9 Å². The van der Waals surface area contributed by atoms with E-state index in [1.807, 2.05) is 0 Å². The van der Waals surface area contributed by atoms with Crippen LogP contribution >= 0.6 is 15.9 Å². The molecule has 5 nitrogen and oxygen atoms in total. The van der Waals surface area contributed by atoms with E-state index >= 15 is 0 Å². The lowest BCUT2D eigenvalue weighted by Crippen LogP contribution is -2.28. The number of halogens is 3. The minimum atomic E-state index is -2.68. The molecule has 0 unspecified atom stereocenters. The third-order valence-corrected chi connectivity index (χ3v) is 3.94. The lowest BCUT2D eigenvalue weighted by atomic mass is 10.3. The van der Waals surface area contributed by atoms with Gasteiger partial charge in [-0.3, -0.25) is 9.13 Å². The Morgan fingerprint density at radius 2 is 2.11 bits per heavy atom. The standard InChI is InChI=1S/C11H11BrF2N4O/c1-6-9(12)7(2)18(11(19)16-6)5-8-15-3-4-17(8)10(13)14/h3-4,10H,5H2,1-2H3. The fourth-order valence-corrected chi connectivity index (χ4v) is 2.05. The molecule has 19 heavy (non-hydrogen) atoms. The average Bonchev–Trinajstić information content (AvgIpc) is 2.80. The highest BCUT2D eigenvalue weighted by atomic mass is 79.9. The van der Waals surface area contributed by atoms with Gasteiger partial charge in [-0.2, -0.15) is 13.8 Å². The maximum absolute atomic E-state index is 12.7. The van der Waals surface area contributed by atoms with Gasteiger partial charge in [0.25, 0.3) is 0 Å². The first-order valence-corrected chi connectivity index (χ1v) is 6.24. The van der Waals surface area contributed by atoms with E-state index in [1.165, 1.54) is 17.0 Å². The van der Waals surface area contributed by atoms with Crippen molar-refractivity contribution in [3.63, 3.8) is 0 Å². The van der Waals surface area contributed by atoms with E-state index in [0.717, 1.165) is 4.57 Å². The molecule has 102 valence electrons. The minimum Gasteiger partial charge on any atom is -0.288 e. The third kappa shape index (κ3) is 2.58. The largest absolute Gasteiger partial charge is 0.348 e. The highest BCUT2D eigenvalue weighted by Gasteiger charge is 2.15. The van der Waals surface area contributed by atoms with Crippen molar-refractivity contribution in [1.82, 2.24) is 19.1 Å². The number of alkyl halides is 2. The summed E-state index contributed by atoms with van der Waals surface area (Å²) < 4.78 is 28.1. The normalized spacial score (nSPS) is 11.3. The predicted molar refractivity (Wildman–Crippen MR) is 68.3 cm³/mol. The van der Waals surface area contributed by atoms with Crippen LogP contribution in [0.15, 0.2) is 21.7 Å². The van der Waals surface area contributed by atoms with Crippen LogP contribution in [0, 0.1) is 13.8 Å². The summed E-state index contributed by atoms with van der Waals surface area (Å²) in [5, 5.41) is 0. The molecule has 0 atom stereocenters. The van der Waals surface area contributed by atoms with Gasteiger partial charge in [0.05, 0.1) is 16.7 Å². The van der Waals surface area contributed by atoms with Crippen LogP contribution < -0.4 is 5.69 Å². The summed E-state index contributed by atoms with van der Waals surface area (Å²) in [6.07, 6.45) is 2.45. The lowest BCUT2D eigenvalue weighted by Gasteiger charge is -2.12. The maximum Gasteiger partial charge on any atom is 0.348 e. The second kappa shape index (κ2) is 5.20. The molecule has 0 aliphatic rings. The molecule has 8 heteroatoms. The average molecular weight is 333 g/mol. The van der Waals surface area contributed by atoms with Crippen LogP contribution in [-0.2, 0) is 6.54 Å². The molecule has 0 saturated heterocycles. The van der Waals surface area contributed by atoms with Crippen molar-refractivity contribution in [2.75, 3.05) is 0 Å². The molecule has 0 amide bonds. The van der Waals surface area contributed by atoms with Crippen LogP contribution in [0.25, 0.3) is 0 Å². The Balaban J connectivity index is 2.47. The first-order valence-electron chi connectivity index (χ1n) is 5.45. The Morgan fingerprint density at radius 3 is 2.74 bits per heavy atom. The number of imidazole rings is 1. The van der Waals surface area contributed by atoms with Crippen molar-refractivity contribution >= 4 is 15.9 Å². The number of hydrogen-bond acceptors (Lipinski definition) is 3. The van der Waals surface area contributed by atoms with E-state index in [-0.39, 0.29) is 12.4 Å². The maximum atomic E-state index is 12.7. The zero-order valence-electron chi connectivity index (χ0n) is 10.3. The highest BCUT2D eigenvalue weighted by molar-refractivity contribution is 9.10. The van der Waals surface area contributed by atoms with Gasteiger partial charge in [0, 0.05) is 18.1 Å². The predicted octanol–water partition coefficient (Wildman–Crippen LogP) is 2.26. The molecule has 2 rings (SSSR count). The molecular formula is C11H11BrF2N4O. The van der Waals surface area contributed by atoms with E-state index in [9.17, 15) is 13.6 Å². The van der Waals surface area contributed by atoms with Gasteiger partial charge in [0.15, 0.2) is 0 Å². The van der Waals surface area contributed by atoms with Crippen molar-refractivity contribution in [3.8, 4) is 0 Å². The Hall–Kier alpha value is -1.57. The molecular weight excluding hydrogens is 322 g/mol. The molecule has 0 aliphatic heterocycles. The zero-order chi connectivity index (χ0) is 14.2. The molecule has 0 bridgehead atoms. The van der Waals surface area contributed by atoms with Crippen LogP contribution in [0.4, 0.5) is 8.78 Å². The quantitative estimate of drug-likeness (QED) is 0.866. The topological polar surface area (TPSA) is 52.7 Å². The van der Waals surface area contributed by atoms with E-state index in [4.69, 9.17) is 0 Å². The number of rotatable bonds is 3. The van der Waals surface area contributed by atoms with Crippen LogP contribution in [0.5, 0.6) is 0 Å². The number of nitrogens with zero attached hydrogens (tertiary/aromatic N) is 4. The molecule has 0 saturated carbocycles. The number of hydrogen-bond donors (Lipinski definition) is 0. The summed E-state index contributed by atoms with van der Waals surface area (Å²) >= 11 is 3.32. The van der Waals surface area contributed by atoms with Gasteiger partial charge in [0.2, 0.25) is 0 Å². The minimum absolute atomic E-state index is 0.0477. The van der Waals surface area contributed by atoms with Crippen LogP contribution in [0.3, 0.4) is 0 Å². The van der Waals surface area contributed by atoms with E-state index in [1.54, 1.807) is 13.8 Å². The molecule has 0 N–H and O–H groups in total. The van der Waals surface area contributed by atoms with Crippen molar-refractivity contribution < 1.29 is 8.78 Å². The second-order valence-corrected chi connectivity index (χ2v) is 4.79. The molecule has 0 radical (unpaired) electrons. The molecule has 0 aliphatic carbocycles. The zero-order valence-corrected chi connectivity index (χ0v) is 11.9. The van der Waals surface area contributed by atoms with Gasteiger partial charge in [-0.05, 0) is 29.8 Å². The molecule has 0 aromatic carbocycles. The first-order chi connectivity index (χ1) is 8.91. The van der Waals surface area contributed by atoms with Gasteiger partial charge in [-0.25, -0.2) is 9.78 Å². The Morgan fingerprint density at radius 1 is 1.42 bits per heavy atom. The van der Waals surface area contributed by atoms with E-state index in [0.29, 0.717) is 15.9 Å². The Bertz CT molecular complexity index is 665. The summed E-state index contributed by atoms with van der Waals surface area (Å²) in [6.45, 7) is 0.683. The fourth-order valence-electron chi connectivity index (χ4n) is 1.75. The van der Waals surface area contributed by atoms with E-state index < -0.39 is 12.2 Å². The molecule has 2 aromatic rings. The van der Waals surface area contributed by atoms with Gasteiger partial charge < -0.3 is 0 Å². The Labute approximate surface area is 116 Å². The summed E-state index contributed by atoms with van der Waals surface area (Å²) in [7, 11) is 0. The van der Waals surface area contributed by atoms with Crippen molar-refractivity contribution in [1.29, 1.82) is 0 Å². The van der Waals surface area contributed by atoms with E-state index in [2.05, 4.69) is 25.9 Å². The second-order valence-electron chi connectivity index (χ2n) is 3.99. The molecule has 0 fully saturated rings. The van der Waals surface area contributed by atoms with Crippen LogP contribution in [0.2, 0.25) is 0 Å². The smallest absolute Gasteiger partial charge is 0.288 e. The van der Waals surface area contributed by atoms with Crippen LogP contribution in [0.1, 0.15) is 23.8 Å². The number of aromatic nitrogens is 4. The monoisotopic (exact) mass is 332 g/mol. The molecule has 2 aromatic heterocycles. The lowest BCUT2D eigenvalue weighted by molar-refractivity contribution is 0.0666. The van der Waals surface area contributed by atoms with Crippen LogP contribution in [-0.4, -0.2) is 19.1 Å². The van der Waals surface area contributed by atoms with Gasteiger partial charge in [-0.1, -0.05) is 0 Å². The third-order valence-electron chi connectivity index (χ3n) is 2.79.